The summed E-state index contributed by atoms with van der Waals surface area (Å²) in [5.41, 5.74) is 4.96. The zero-order valence-corrected chi connectivity index (χ0v) is 31.8. The molecular formula is C39H46N6O6S. The molecule has 2 aromatic carbocycles. The zero-order chi connectivity index (χ0) is 37.5. The van der Waals surface area contributed by atoms with Crippen molar-refractivity contribution in [2.45, 2.75) is 92.6 Å². The number of anilines is 2. The summed E-state index contributed by atoms with van der Waals surface area (Å²) in [7, 11) is 0. The normalized spacial score (nSPS) is 14.3. The second-order valence-electron chi connectivity index (χ2n) is 15.2. The van der Waals surface area contributed by atoms with Gasteiger partial charge in [0.1, 0.15) is 22.7 Å². The van der Waals surface area contributed by atoms with Gasteiger partial charge in [-0.1, -0.05) is 24.3 Å². The van der Waals surface area contributed by atoms with E-state index in [0.717, 1.165) is 32.7 Å². The molecule has 0 atom stereocenters. The van der Waals surface area contributed by atoms with Gasteiger partial charge in [-0.25, -0.2) is 14.6 Å². The van der Waals surface area contributed by atoms with E-state index in [1.807, 2.05) is 102 Å². The quantitative estimate of drug-likeness (QED) is 0.215. The third-order valence-electron chi connectivity index (χ3n) is 8.88. The molecule has 0 saturated carbocycles. The van der Waals surface area contributed by atoms with Gasteiger partial charge >= 0.3 is 12.2 Å². The maximum Gasteiger partial charge on any atom is 0.410 e. The number of thiophene rings is 1. The van der Waals surface area contributed by atoms with Crippen LogP contribution in [-0.4, -0.2) is 67.6 Å². The molecule has 0 unspecified atom stereocenters. The molecule has 2 aliphatic rings. The summed E-state index contributed by atoms with van der Waals surface area (Å²) in [6.07, 6.45) is 1.63. The van der Waals surface area contributed by atoms with Crippen LogP contribution >= 0.6 is 11.3 Å². The number of benzene rings is 2. The van der Waals surface area contributed by atoms with Gasteiger partial charge in [0.05, 0.1) is 18.0 Å². The van der Waals surface area contributed by atoms with Gasteiger partial charge in [-0.15, -0.1) is 11.3 Å². The molecule has 0 spiro atoms. The molecule has 0 radical (unpaired) electrons. The average Bonchev–Trinajstić information content (AvgIpc) is 3.69. The van der Waals surface area contributed by atoms with Gasteiger partial charge in [0, 0.05) is 42.1 Å². The van der Waals surface area contributed by atoms with Gasteiger partial charge in [0.25, 0.3) is 11.8 Å². The molecular weight excluding hydrogens is 681 g/mol. The van der Waals surface area contributed by atoms with E-state index in [0.29, 0.717) is 54.7 Å². The SMILES string of the molecule is Cc1c(NC(=O)c2cn3c(n2)CN(C(=O)OC(C)(C)C)CC3)cccc1-c1cccc(NC(=O)c2cc3c(s2)CCN(C(=O)OC(C)(C)C)C3)c1C. The number of nitrogens with one attached hydrogen (secondary N) is 2. The molecule has 4 aromatic rings. The van der Waals surface area contributed by atoms with Crippen molar-refractivity contribution in [3.63, 3.8) is 0 Å². The van der Waals surface area contributed by atoms with E-state index in [-0.39, 0.29) is 30.1 Å². The standard InChI is InChI=1S/C39H46N6O6S/c1-23-26(11-9-13-28(23)41-34(46)30-21-43-17-18-45(22-33(43)40-30)37(49)51-39(6,7)8)27-12-10-14-29(24(27)2)42-35(47)32-19-25-20-44(16-15-31(25)52-32)36(48)50-38(3,4)5/h9-14,19,21H,15-18,20,22H2,1-8H3,(H,41,46)(H,42,47). The molecule has 4 amide bonds. The molecule has 2 aliphatic heterocycles. The summed E-state index contributed by atoms with van der Waals surface area (Å²) >= 11 is 1.46. The number of fused-ring (bicyclic) bond motifs is 2. The second kappa shape index (κ2) is 14.1. The number of hydrogen-bond acceptors (Lipinski definition) is 8. The Balaban J connectivity index is 1.14. The summed E-state index contributed by atoms with van der Waals surface area (Å²) in [6, 6.07) is 13.4. The first-order valence-corrected chi connectivity index (χ1v) is 18.2. The fraction of sp³-hybridized carbons (Fsp3) is 0.410. The third kappa shape index (κ3) is 8.14. The lowest BCUT2D eigenvalue weighted by molar-refractivity contribution is 0.0192. The van der Waals surface area contributed by atoms with Crippen LogP contribution in [0.3, 0.4) is 0 Å². The van der Waals surface area contributed by atoms with E-state index in [2.05, 4.69) is 15.6 Å². The summed E-state index contributed by atoms with van der Waals surface area (Å²) in [6.45, 7) is 17.1. The van der Waals surface area contributed by atoms with Crippen molar-refractivity contribution >= 4 is 46.7 Å². The predicted octanol–water partition coefficient (Wildman–Crippen LogP) is 7.78. The second-order valence-corrected chi connectivity index (χ2v) is 16.3. The number of carbonyl (C=O) groups is 4. The van der Waals surface area contributed by atoms with Gasteiger partial charge < -0.3 is 29.6 Å². The van der Waals surface area contributed by atoms with Crippen LogP contribution < -0.4 is 10.6 Å². The Hall–Kier alpha value is -5.17. The number of ether oxygens (including phenoxy) is 2. The van der Waals surface area contributed by atoms with E-state index in [9.17, 15) is 19.2 Å². The van der Waals surface area contributed by atoms with Crippen molar-refractivity contribution in [1.29, 1.82) is 0 Å². The van der Waals surface area contributed by atoms with Gasteiger partial charge in [-0.3, -0.25) is 14.5 Å². The number of hydrogen-bond donors (Lipinski definition) is 2. The Bertz CT molecular complexity index is 1910. The molecule has 2 N–H and O–H groups in total. The summed E-state index contributed by atoms with van der Waals surface area (Å²) < 4.78 is 13.0. The maximum atomic E-state index is 13.5. The van der Waals surface area contributed by atoms with E-state index in [4.69, 9.17) is 9.47 Å². The zero-order valence-electron chi connectivity index (χ0n) is 31.0. The molecule has 0 bridgehead atoms. The molecule has 274 valence electrons. The fourth-order valence-corrected chi connectivity index (χ4v) is 7.33. The van der Waals surface area contributed by atoms with Crippen LogP contribution in [0.5, 0.6) is 0 Å². The number of imidazole rings is 1. The van der Waals surface area contributed by atoms with Crippen LogP contribution in [0.4, 0.5) is 21.0 Å². The van der Waals surface area contributed by atoms with Gasteiger partial charge in [-0.05, 0) is 108 Å². The van der Waals surface area contributed by atoms with Crippen molar-refractivity contribution in [2.75, 3.05) is 23.7 Å². The molecule has 0 saturated heterocycles. The third-order valence-corrected chi connectivity index (χ3v) is 10.1. The highest BCUT2D eigenvalue weighted by atomic mass is 32.1. The Morgan fingerprint density at radius 3 is 1.88 bits per heavy atom. The smallest absolute Gasteiger partial charge is 0.410 e. The number of nitrogens with zero attached hydrogens (tertiary/aromatic N) is 4. The van der Waals surface area contributed by atoms with Crippen molar-refractivity contribution in [3.8, 4) is 11.1 Å². The molecule has 4 heterocycles. The van der Waals surface area contributed by atoms with Gasteiger partial charge in [0.2, 0.25) is 0 Å². The minimum atomic E-state index is -0.602. The monoisotopic (exact) mass is 726 g/mol. The van der Waals surface area contributed by atoms with E-state index < -0.39 is 17.3 Å². The van der Waals surface area contributed by atoms with Crippen molar-refractivity contribution in [3.05, 3.63) is 86.6 Å². The van der Waals surface area contributed by atoms with Crippen molar-refractivity contribution in [2.24, 2.45) is 0 Å². The van der Waals surface area contributed by atoms with Crippen LogP contribution in [0.25, 0.3) is 11.1 Å². The van der Waals surface area contributed by atoms with Crippen LogP contribution in [0.2, 0.25) is 0 Å². The first-order chi connectivity index (χ1) is 24.5. The van der Waals surface area contributed by atoms with Crippen LogP contribution in [-0.2, 0) is 35.5 Å². The molecule has 6 rings (SSSR count). The predicted molar refractivity (Wildman–Crippen MR) is 201 cm³/mol. The highest BCUT2D eigenvalue weighted by Gasteiger charge is 2.30. The van der Waals surface area contributed by atoms with E-state index in [1.165, 1.54) is 11.3 Å². The number of aromatic nitrogens is 2. The van der Waals surface area contributed by atoms with E-state index >= 15 is 0 Å². The van der Waals surface area contributed by atoms with Crippen LogP contribution in [0.15, 0.2) is 48.7 Å². The number of rotatable bonds is 5. The Morgan fingerprint density at radius 1 is 0.750 bits per heavy atom. The maximum absolute atomic E-state index is 13.5. The average molecular weight is 727 g/mol. The number of carbonyl (C=O) groups excluding carboxylic acids is 4. The van der Waals surface area contributed by atoms with E-state index in [1.54, 1.807) is 16.0 Å². The minimum Gasteiger partial charge on any atom is -0.444 e. The highest BCUT2D eigenvalue weighted by molar-refractivity contribution is 7.14. The fourth-order valence-electron chi connectivity index (χ4n) is 6.27. The van der Waals surface area contributed by atoms with Gasteiger partial charge in [-0.2, -0.15) is 0 Å². The minimum absolute atomic E-state index is 0.210. The van der Waals surface area contributed by atoms with Crippen LogP contribution in [0.1, 0.15) is 89.1 Å². The summed E-state index contributed by atoms with van der Waals surface area (Å²) in [5, 5.41) is 6.12. The number of amides is 4. The first kappa shape index (κ1) is 36.6. The lowest BCUT2D eigenvalue weighted by Gasteiger charge is -2.30. The largest absolute Gasteiger partial charge is 0.444 e. The summed E-state index contributed by atoms with van der Waals surface area (Å²) in [4.78, 5) is 61.7. The van der Waals surface area contributed by atoms with Gasteiger partial charge in [0.15, 0.2) is 0 Å². The Labute approximate surface area is 308 Å². The molecule has 13 heteroatoms. The summed E-state index contributed by atoms with van der Waals surface area (Å²) in [5.74, 6) is 0.0578. The topological polar surface area (TPSA) is 135 Å². The lowest BCUT2D eigenvalue weighted by Crippen LogP contribution is -2.41. The molecule has 0 fully saturated rings. The highest BCUT2D eigenvalue weighted by Crippen LogP contribution is 2.35. The van der Waals surface area contributed by atoms with Crippen LogP contribution in [0, 0.1) is 13.8 Å². The van der Waals surface area contributed by atoms with Crippen molar-refractivity contribution in [1.82, 2.24) is 19.4 Å². The molecule has 0 aliphatic carbocycles. The molecule has 2 aromatic heterocycles. The Morgan fingerprint density at radius 2 is 1.31 bits per heavy atom. The Kier molecular flexibility index (Phi) is 9.93. The lowest BCUT2D eigenvalue weighted by atomic mass is 9.94. The first-order valence-electron chi connectivity index (χ1n) is 17.4. The molecule has 12 nitrogen and oxygen atoms in total. The van der Waals surface area contributed by atoms with Crippen molar-refractivity contribution < 1.29 is 28.7 Å². The molecule has 52 heavy (non-hydrogen) atoms.